The number of carbonyl (C=O) groups is 2. The number of nitrogens with zero attached hydrogens (tertiary/aromatic N) is 2. The third-order valence-corrected chi connectivity index (χ3v) is 4.65. The van der Waals surface area contributed by atoms with E-state index in [0.717, 1.165) is 32.4 Å². The van der Waals surface area contributed by atoms with Gasteiger partial charge in [-0.1, -0.05) is 0 Å². The molecule has 22 heavy (non-hydrogen) atoms. The summed E-state index contributed by atoms with van der Waals surface area (Å²) in [5, 5.41) is 8.21. The molecule has 0 saturated carbocycles. The van der Waals surface area contributed by atoms with Gasteiger partial charge in [-0.15, -0.1) is 36.2 Å². The lowest BCUT2D eigenvalue weighted by molar-refractivity contribution is -0.114. The summed E-state index contributed by atoms with van der Waals surface area (Å²) in [6.07, 6.45) is 3.15. The van der Waals surface area contributed by atoms with Crippen molar-refractivity contribution in [2.45, 2.75) is 38.3 Å². The topological polar surface area (TPSA) is 74.3 Å². The van der Waals surface area contributed by atoms with Crippen LogP contribution in [0.2, 0.25) is 0 Å². The van der Waals surface area contributed by atoms with Gasteiger partial charge in [0.2, 0.25) is 5.91 Å². The molecule has 2 aliphatic rings. The lowest BCUT2D eigenvalue weighted by atomic mass is 10.1. The van der Waals surface area contributed by atoms with Crippen LogP contribution >= 0.6 is 36.2 Å². The SMILES string of the molecule is CC(=O)Nc1nc(C(=O)N2C3CCNCC2CC3)cs1.Cl.Cl. The molecule has 0 spiro atoms. The van der Waals surface area contributed by atoms with E-state index < -0.39 is 0 Å². The number of aromatic nitrogens is 1. The summed E-state index contributed by atoms with van der Waals surface area (Å²) in [5.41, 5.74) is 0.442. The zero-order chi connectivity index (χ0) is 14.1. The first kappa shape index (κ1) is 19.2. The van der Waals surface area contributed by atoms with Gasteiger partial charge in [-0.25, -0.2) is 4.98 Å². The van der Waals surface area contributed by atoms with E-state index in [0.29, 0.717) is 16.9 Å². The van der Waals surface area contributed by atoms with Crippen molar-refractivity contribution < 1.29 is 9.59 Å². The molecule has 2 N–H and O–H groups in total. The minimum atomic E-state index is -0.169. The highest BCUT2D eigenvalue weighted by Gasteiger charge is 2.39. The molecular weight excluding hydrogens is 347 g/mol. The van der Waals surface area contributed by atoms with Crippen LogP contribution in [0.3, 0.4) is 0 Å². The number of halogens is 2. The molecule has 3 heterocycles. The minimum absolute atomic E-state index is 0. The lowest BCUT2D eigenvalue weighted by Crippen LogP contribution is -2.42. The highest BCUT2D eigenvalue weighted by Crippen LogP contribution is 2.30. The molecule has 1 aromatic heterocycles. The van der Waals surface area contributed by atoms with Crippen molar-refractivity contribution in [1.82, 2.24) is 15.2 Å². The number of rotatable bonds is 2. The van der Waals surface area contributed by atoms with Gasteiger partial charge in [-0.05, 0) is 25.8 Å². The molecule has 124 valence electrons. The summed E-state index contributed by atoms with van der Waals surface area (Å²) in [7, 11) is 0. The summed E-state index contributed by atoms with van der Waals surface area (Å²) < 4.78 is 0. The van der Waals surface area contributed by atoms with E-state index in [1.54, 1.807) is 5.38 Å². The van der Waals surface area contributed by atoms with Crippen LogP contribution in [0.5, 0.6) is 0 Å². The van der Waals surface area contributed by atoms with Gasteiger partial charge in [0, 0.05) is 30.9 Å². The maximum absolute atomic E-state index is 12.6. The lowest BCUT2D eigenvalue weighted by Gasteiger charge is -2.27. The monoisotopic (exact) mass is 366 g/mol. The molecule has 2 fully saturated rings. The van der Waals surface area contributed by atoms with E-state index in [-0.39, 0.29) is 42.7 Å². The highest BCUT2D eigenvalue weighted by atomic mass is 35.5. The summed E-state index contributed by atoms with van der Waals surface area (Å²) in [5.74, 6) is -0.175. The van der Waals surface area contributed by atoms with E-state index in [1.165, 1.54) is 18.3 Å². The van der Waals surface area contributed by atoms with Crippen molar-refractivity contribution in [2.24, 2.45) is 0 Å². The predicted molar refractivity (Wildman–Crippen MR) is 91.4 cm³/mol. The molecule has 6 nitrogen and oxygen atoms in total. The van der Waals surface area contributed by atoms with Gasteiger partial charge in [-0.3, -0.25) is 9.59 Å². The molecule has 2 atom stereocenters. The summed E-state index contributed by atoms with van der Waals surface area (Å²) in [6.45, 7) is 3.27. The van der Waals surface area contributed by atoms with Gasteiger partial charge in [0.1, 0.15) is 5.69 Å². The molecule has 1 aromatic rings. The van der Waals surface area contributed by atoms with Crippen LogP contribution in [0.25, 0.3) is 0 Å². The van der Waals surface area contributed by atoms with Gasteiger partial charge < -0.3 is 15.5 Å². The van der Waals surface area contributed by atoms with Crippen molar-refractivity contribution in [3.63, 3.8) is 0 Å². The molecule has 3 rings (SSSR count). The van der Waals surface area contributed by atoms with Gasteiger partial charge in [0.25, 0.3) is 5.91 Å². The van der Waals surface area contributed by atoms with Crippen LogP contribution in [0.1, 0.15) is 36.7 Å². The molecule has 0 aromatic carbocycles. The molecule has 2 saturated heterocycles. The first-order valence-corrected chi connectivity index (χ1v) is 7.79. The Morgan fingerprint density at radius 2 is 2.05 bits per heavy atom. The van der Waals surface area contributed by atoms with Crippen LogP contribution in [0.4, 0.5) is 5.13 Å². The quantitative estimate of drug-likeness (QED) is 0.838. The minimum Gasteiger partial charge on any atom is -0.330 e. The zero-order valence-electron chi connectivity index (χ0n) is 12.2. The second-order valence-corrected chi connectivity index (χ2v) is 6.17. The number of anilines is 1. The van der Waals surface area contributed by atoms with Crippen molar-refractivity contribution >= 4 is 53.1 Å². The fraction of sp³-hybridized carbons (Fsp3) is 0.615. The Hall–Kier alpha value is -0.890. The molecule has 0 aliphatic carbocycles. The first-order valence-electron chi connectivity index (χ1n) is 6.91. The molecule has 2 amide bonds. The van der Waals surface area contributed by atoms with Crippen LogP contribution in [-0.2, 0) is 4.79 Å². The van der Waals surface area contributed by atoms with E-state index in [2.05, 4.69) is 15.6 Å². The Labute approximate surface area is 145 Å². The average molecular weight is 367 g/mol. The Balaban J connectivity index is 0.00000121. The molecule has 0 radical (unpaired) electrons. The van der Waals surface area contributed by atoms with Crippen LogP contribution in [-0.4, -0.2) is 46.9 Å². The Kier molecular flexibility index (Phi) is 7.05. The van der Waals surface area contributed by atoms with Crippen molar-refractivity contribution in [1.29, 1.82) is 0 Å². The average Bonchev–Trinajstić information content (AvgIpc) is 2.92. The van der Waals surface area contributed by atoms with E-state index in [9.17, 15) is 9.59 Å². The maximum atomic E-state index is 12.6. The molecule has 2 unspecified atom stereocenters. The van der Waals surface area contributed by atoms with E-state index in [1.807, 2.05) is 4.90 Å². The second-order valence-electron chi connectivity index (χ2n) is 5.31. The molecule has 2 bridgehead atoms. The Morgan fingerprint density at radius 1 is 1.32 bits per heavy atom. The fourth-order valence-electron chi connectivity index (χ4n) is 3.03. The first-order chi connectivity index (χ1) is 9.65. The number of amides is 2. The highest BCUT2D eigenvalue weighted by molar-refractivity contribution is 7.14. The largest absolute Gasteiger partial charge is 0.330 e. The number of hydrogen-bond acceptors (Lipinski definition) is 5. The third kappa shape index (κ3) is 3.90. The Bertz CT molecular complexity index is 526. The number of nitrogens with one attached hydrogen (secondary N) is 2. The van der Waals surface area contributed by atoms with Crippen LogP contribution < -0.4 is 10.6 Å². The zero-order valence-corrected chi connectivity index (χ0v) is 14.7. The number of thiazole rings is 1. The van der Waals surface area contributed by atoms with Gasteiger partial charge in [0.15, 0.2) is 5.13 Å². The third-order valence-electron chi connectivity index (χ3n) is 3.89. The molecule has 2 aliphatic heterocycles. The molecule has 9 heteroatoms. The van der Waals surface area contributed by atoms with E-state index in [4.69, 9.17) is 0 Å². The second kappa shape index (κ2) is 8.10. The fourth-order valence-corrected chi connectivity index (χ4v) is 3.76. The van der Waals surface area contributed by atoms with E-state index >= 15 is 0 Å². The smallest absolute Gasteiger partial charge is 0.273 e. The summed E-state index contributed by atoms with van der Waals surface area (Å²) in [6, 6.07) is 0.606. The number of hydrogen-bond donors (Lipinski definition) is 2. The van der Waals surface area contributed by atoms with Crippen molar-refractivity contribution in [3.8, 4) is 0 Å². The molecular formula is C13H20Cl2N4O2S. The maximum Gasteiger partial charge on any atom is 0.273 e. The van der Waals surface area contributed by atoms with Crippen molar-refractivity contribution in [2.75, 3.05) is 18.4 Å². The van der Waals surface area contributed by atoms with Gasteiger partial charge in [0.05, 0.1) is 0 Å². The van der Waals surface area contributed by atoms with Gasteiger partial charge >= 0.3 is 0 Å². The van der Waals surface area contributed by atoms with Crippen molar-refractivity contribution in [3.05, 3.63) is 11.1 Å². The normalized spacial score (nSPS) is 23.0. The van der Waals surface area contributed by atoms with Gasteiger partial charge in [-0.2, -0.15) is 0 Å². The number of carbonyl (C=O) groups excluding carboxylic acids is 2. The van der Waals surface area contributed by atoms with Crippen LogP contribution in [0.15, 0.2) is 5.38 Å². The summed E-state index contributed by atoms with van der Waals surface area (Å²) in [4.78, 5) is 29.9. The predicted octanol–water partition coefficient (Wildman–Crippen LogP) is 1.91. The summed E-state index contributed by atoms with van der Waals surface area (Å²) >= 11 is 1.29. The van der Waals surface area contributed by atoms with Crippen LogP contribution in [0, 0.1) is 0 Å². The number of fused-ring (bicyclic) bond motifs is 2. The Morgan fingerprint density at radius 3 is 2.77 bits per heavy atom. The standard InChI is InChI=1S/C13H18N4O2S.2ClH/c1-8(18)15-13-16-11(7-20-13)12(19)17-9-2-3-10(17)6-14-5-4-9;;/h7,9-10,14H,2-6H2,1H3,(H,15,16,18);2*1H.